The van der Waals surface area contributed by atoms with Gasteiger partial charge in [0.25, 0.3) is 5.91 Å². The van der Waals surface area contributed by atoms with E-state index < -0.39 is 0 Å². The van der Waals surface area contributed by atoms with Gasteiger partial charge in [0.1, 0.15) is 11.5 Å². The Kier molecular flexibility index (Phi) is 3.53. The smallest absolute Gasteiger partial charge is 0.272 e. The fourth-order valence-corrected chi connectivity index (χ4v) is 3.01. The number of pyridine rings is 1. The summed E-state index contributed by atoms with van der Waals surface area (Å²) in [7, 11) is 0. The van der Waals surface area contributed by atoms with E-state index in [0.717, 1.165) is 30.3 Å². The Balaban J connectivity index is 1.89. The third-order valence-electron chi connectivity index (χ3n) is 4.44. The van der Waals surface area contributed by atoms with Gasteiger partial charge in [0.05, 0.1) is 0 Å². The van der Waals surface area contributed by atoms with Gasteiger partial charge in [-0.1, -0.05) is 38.1 Å². The van der Waals surface area contributed by atoms with Crippen molar-refractivity contribution in [1.29, 1.82) is 0 Å². The standard InChI is InChI=1S/C17H21N3O/c1-11(2)13-7-8-20(10-13)17(21)15-9-12-5-3-4-6-14(12)16(18)19-15/h3-6,9,11,13H,7-8,10H2,1-2H3,(H2,18,19). The largest absolute Gasteiger partial charge is 0.383 e. The lowest BCUT2D eigenvalue weighted by molar-refractivity contribution is 0.0778. The van der Waals surface area contributed by atoms with Crippen LogP contribution in [0.25, 0.3) is 10.8 Å². The second kappa shape index (κ2) is 5.35. The number of benzene rings is 1. The maximum atomic E-state index is 12.6. The number of anilines is 1. The summed E-state index contributed by atoms with van der Waals surface area (Å²) in [4.78, 5) is 18.8. The molecule has 2 aromatic rings. The number of nitrogen functional groups attached to an aromatic ring is 1. The molecular weight excluding hydrogens is 262 g/mol. The summed E-state index contributed by atoms with van der Waals surface area (Å²) in [5, 5.41) is 1.86. The molecule has 1 fully saturated rings. The van der Waals surface area contributed by atoms with Gasteiger partial charge in [0, 0.05) is 18.5 Å². The molecule has 0 spiro atoms. The summed E-state index contributed by atoms with van der Waals surface area (Å²) < 4.78 is 0. The van der Waals surface area contributed by atoms with Crippen molar-refractivity contribution in [3.05, 3.63) is 36.0 Å². The molecule has 4 nitrogen and oxygen atoms in total. The van der Waals surface area contributed by atoms with Gasteiger partial charge in [-0.25, -0.2) is 4.98 Å². The highest BCUT2D eigenvalue weighted by Gasteiger charge is 2.29. The third-order valence-corrected chi connectivity index (χ3v) is 4.44. The van der Waals surface area contributed by atoms with Crippen molar-refractivity contribution in [1.82, 2.24) is 9.88 Å². The minimum Gasteiger partial charge on any atom is -0.383 e. The van der Waals surface area contributed by atoms with Gasteiger partial charge in [-0.3, -0.25) is 4.79 Å². The van der Waals surface area contributed by atoms with Gasteiger partial charge in [-0.05, 0) is 29.7 Å². The highest BCUT2D eigenvalue weighted by atomic mass is 16.2. The quantitative estimate of drug-likeness (QED) is 0.922. The minimum atomic E-state index is -0.00407. The van der Waals surface area contributed by atoms with Crippen LogP contribution < -0.4 is 5.73 Å². The topological polar surface area (TPSA) is 59.2 Å². The predicted octanol–water partition coefficient (Wildman–Crippen LogP) is 2.94. The summed E-state index contributed by atoms with van der Waals surface area (Å²) in [6, 6.07) is 9.61. The molecule has 2 N–H and O–H groups in total. The van der Waals surface area contributed by atoms with Crippen LogP contribution in [-0.4, -0.2) is 28.9 Å². The first kappa shape index (κ1) is 13.9. The number of hydrogen-bond donors (Lipinski definition) is 1. The normalized spacial score (nSPS) is 18.6. The van der Waals surface area contributed by atoms with E-state index in [2.05, 4.69) is 18.8 Å². The zero-order valence-electron chi connectivity index (χ0n) is 12.5. The SMILES string of the molecule is CC(C)C1CCN(C(=O)c2cc3ccccc3c(N)n2)C1. The fourth-order valence-electron chi connectivity index (χ4n) is 3.01. The van der Waals surface area contributed by atoms with Crippen molar-refractivity contribution in [3.63, 3.8) is 0 Å². The van der Waals surface area contributed by atoms with Gasteiger partial charge in [0.2, 0.25) is 0 Å². The summed E-state index contributed by atoms with van der Waals surface area (Å²) in [6.07, 6.45) is 1.08. The summed E-state index contributed by atoms with van der Waals surface area (Å²) in [5.41, 5.74) is 6.44. The van der Waals surface area contributed by atoms with Crippen LogP contribution in [0.1, 0.15) is 30.8 Å². The number of amides is 1. The van der Waals surface area contributed by atoms with Gasteiger partial charge in [-0.15, -0.1) is 0 Å². The molecule has 4 heteroatoms. The highest BCUT2D eigenvalue weighted by Crippen LogP contribution is 2.26. The van der Waals surface area contributed by atoms with E-state index in [1.54, 1.807) is 0 Å². The fraction of sp³-hybridized carbons (Fsp3) is 0.412. The first-order chi connectivity index (χ1) is 10.1. The average Bonchev–Trinajstić information content (AvgIpc) is 2.96. The second-order valence-corrected chi connectivity index (χ2v) is 6.16. The van der Waals surface area contributed by atoms with Gasteiger partial charge in [0.15, 0.2) is 0 Å². The highest BCUT2D eigenvalue weighted by molar-refractivity contribution is 5.99. The van der Waals surface area contributed by atoms with Crippen LogP contribution in [0.5, 0.6) is 0 Å². The van der Waals surface area contributed by atoms with Crippen LogP contribution in [0.3, 0.4) is 0 Å². The third kappa shape index (κ3) is 2.58. The second-order valence-electron chi connectivity index (χ2n) is 6.16. The predicted molar refractivity (Wildman–Crippen MR) is 85.0 cm³/mol. The number of aromatic nitrogens is 1. The van der Waals surface area contributed by atoms with Crippen LogP contribution in [0.4, 0.5) is 5.82 Å². The van der Waals surface area contributed by atoms with Gasteiger partial charge >= 0.3 is 0 Å². The average molecular weight is 283 g/mol. The van der Waals surface area contributed by atoms with Crippen molar-refractivity contribution < 1.29 is 4.79 Å². The Bertz CT molecular complexity index is 681. The lowest BCUT2D eigenvalue weighted by Gasteiger charge is -2.18. The molecule has 1 atom stereocenters. The van der Waals surface area contributed by atoms with Crippen LogP contribution in [-0.2, 0) is 0 Å². The molecule has 1 aromatic heterocycles. The lowest BCUT2D eigenvalue weighted by atomic mass is 9.95. The molecule has 0 aliphatic carbocycles. The van der Waals surface area contributed by atoms with E-state index in [0.29, 0.717) is 23.3 Å². The Morgan fingerprint density at radius 1 is 1.38 bits per heavy atom. The van der Waals surface area contributed by atoms with Crippen molar-refractivity contribution >= 4 is 22.5 Å². The Morgan fingerprint density at radius 3 is 2.86 bits per heavy atom. The molecule has 2 heterocycles. The van der Waals surface area contributed by atoms with Crippen LogP contribution in [0, 0.1) is 11.8 Å². The molecule has 1 saturated heterocycles. The van der Waals surface area contributed by atoms with Crippen LogP contribution >= 0.6 is 0 Å². The van der Waals surface area contributed by atoms with Crippen molar-refractivity contribution in [3.8, 4) is 0 Å². The van der Waals surface area contributed by atoms with Crippen LogP contribution in [0.2, 0.25) is 0 Å². The molecule has 21 heavy (non-hydrogen) atoms. The Hall–Kier alpha value is -2.10. The molecule has 0 saturated carbocycles. The number of hydrogen-bond acceptors (Lipinski definition) is 3. The Labute approximate surface area is 125 Å². The van der Waals surface area contributed by atoms with Gasteiger partial charge in [-0.2, -0.15) is 0 Å². The molecule has 3 rings (SSSR count). The van der Waals surface area contributed by atoms with E-state index >= 15 is 0 Å². The molecule has 1 aliphatic rings. The zero-order valence-corrected chi connectivity index (χ0v) is 12.5. The van der Waals surface area contributed by atoms with Crippen molar-refractivity contribution in [2.24, 2.45) is 11.8 Å². The first-order valence-corrected chi connectivity index (χ1v) is 7.51. The summed E-state index contributed by atoms with van der Waals surface area (Å²) in [5.74, 6) is 1.62. The van der Waals surface area contributed by atoms with Gasteiger partial charge < -0.3 is 10.6 Å². The molecule has 1 amide bonds. The number of fused-ring (bicyclic) bond motifs is 1. The molecule has 1 unspecified atom stereocenters. The molecule has 0 radical (unpaired) electrons. The van der Waals surface area contributed by atoms with Crippen molar-refractivity contribution in [2.45, 2.75) is 20.3 Å². The number of carbonyl (C=O) groups is 1. The number of nitrogens with zero attached hydrogens (tertiary/aromatic N) is 2. The first-order valence-electron chi connectivity index (χ1n) is 7.51. The Morgan fingerprint density at radius 2 is 2.14 bits per heavy atom. The summed E-state index contributed by atoms with van der Waals surface area (Å²) >= 11 is 0. The number of rotatable bonds is 2. The number of likely N-dealkylation sites (tertiary alicyclic amines) is 1. The maximum Gasteiger partial charge on any atom is 0.272 e. The minimum absolute atomic E-state index is 0.00407. The molecule has 1 aromatic carbocycles. The monoisotopic (exact) mass is 283 g/mol. The van der Waals surface area contributed by atoms with E-state index in [-0.39, 0.29) is 5.91 Å². The van der Waals surface area contributed by atoms with Crippen molar-refractivity contribution in [2.75, 3.05) is 18.8 Å². The van der Waals surface area contributed by atoms with E-state index in [1.165, 1.54) is 0 Å². The molecule has 0 bridgehead atoms. The number of carbonyl (C=O) groups excluding carboxylic acids is 1. The van der Waals surface area contributed by atoms with E-state index in [1.807, 2.05) is 35.2 Å². The molecule has 110 valence electrons. The summed E-state index contributed by atoms with van der Waals surface area (Å²) in [6.45, 7) is 6.07. The zero-order chi connectivity index (χ0) is 15.0. The molecule has 1 aliphatic heterocycles. The number of nitrogens with two attached hydrogens (primary N) is 1. The maximum absolute atomic E-state index is 12.6. The lowest BCUT2D eigenvalue weighted by Crippen LogP contribution is -2.30. The van der Waals surface area contributed by atoms with E-state index in [9.17, 15) is 4.79 Å². The molecular formula is C17H21N3O. The van der Waals surface area contributed by atoms with E-state index in [4.69, 9.17) is 5.73 Å². The van der Waals surface area contributed by atoms with Crippen LogP contribution in [0.15, 0.2) is 30.3 Å².